The van der Waals surface area contributed by atoms with Gasteiger partial charge in [0.05, 0.1) is 13.3 Å². The van der Waals surface area contributed by atoms with Crippen molar-refractivity contribution in [3.8, 4) is 5.75 Å². The van der Waals surface area contributed by atoms with E-state index < -0.39 is 30.6 Å². The first-order valence-corrected chi connectivity index (χ1v) is 17.3. The van der Waals surface area contributed by atoms with Crippen LogP contribution in [0.15, 0.2) is 133 Å². The first-order valence-electron chi connectivity index (χ1n) is 14.3. The molecule has 2 atom stereocenters. The zero-order chi connectivity index (χ0) is 30.5. The molecule has 2 aliphatic rings. The molecule has 2 amide bonds. The molecule has 0 bridgehead atoms. The lowest BCUT2D eigenvalue weighted by Gasteiger charge is -2.49. The average Bonchev–Trinajstić information content (AvgIpc) is 3.09. The third-order valence-corrected chi connectivity index (χ3v) is 13.6. The number of nitrogens with zero attached hydrogens (tertiary/aromatic N) is 1. The van der Waals surface area contributed by atoms with E-state index in [1.807, 2.05) is 72.8 Å². The fourth-order valence-corrected chi connectivity index (χ4v) is 11.6. The van der Waals surface area contributed by atoms with Crippen molar-refractivity contribution in [2.75, 3.05) is 25.6 Å². The highest BCUT2D eigenvalue weighted by atomic mass is 127. The maximum Gasteiger partial charge on any atom is 0.354 e. The molecule has 4 aromatic carbocycles. The van der Waals surface area contributed by atoms with Crippen molar-refractivity contribution < 1.29 is 47.8 Å². The van der Waals surface area contributed by atoms with Crippen molar-refractivity contribution >= 4 is 52.7 Å². The Hall–Kier alpha value is -3.66. The molecule has 45 heavy (non-hydrogen) atoms. The third kappa shape index (κ3) is 6.52. The second-order valence-corrected chi connectivity index (χ2v) is 15.1. The fourth-order valence-electron chi connectivity index (χ4n) is 5.83. The topological polar surface area (TPSA) is 84.9 Å². The molecular formula is C35H32IN2O5PS. The SMILES string of the molecule is COC(=O)C1=C(C[P+](c2ccccc2)(c2ccccc2)c2ccccc2)CS[C@@H]2[C@H](NC(=O)COc3ccccc3)C(=O)N12.[I-]. The minimum Gasteiger partial charge on any atom is -1.00 e. The van der Waals surface area contributed by atoms with Crippen LogP contribution in [0.1, 0.15) is 0 Å². The van der Waals surface area contributed by atoms with Gasteiger partial charge >= 0.3 is 5.97 Å². The summed E-state index contributed by atoms with van der Waals surface area (Å²) in [6.45, 7) is -0.214. The number of nitrogens with one attached hydrogen (secondary N) is 1. The molecule has 4 aromatic rings. The lowest BCUT2D eigenvalue weighted by Crippen LogP contribution is -3.00. The van der Waals surface area contributed by atoms with Gasteiger partial charge in [-0.05, 0) is 48.5 Å². The Labute approximate surface area is 284 Å². The molecule has 0 spiro atoms. The van der Waals surface area contributed by atoms with Crippen LogP contribution in [0.3, 0.4) is 0 Å². The Bertz CT molecular complexity index is 1580. The summed E-state index contributed by atoms with van der Waals surface area (Å²) in [7, 11) is -0.995. The number of hydrogen-bond acceptors (Lipinski definition) is 6. The molecule has 0 radical (unpaired) electrons. The van der Waals surface area contributed by atoms with Gasteiger partial charge in [0.2, 0.25) is 0 Å². The van der Waals surface area contributed by atoms with E-state index in [9.17, 15) is 14.4 Å². The molecule has 0 aliphatic carbocycles. The van der Waals surface area contributed by atoms with Crippen molar-refractivity contribution in [2.24, 2.45) is 0 Å². The predicted molar refractivity (Wildman–Crippen MR) is 176 cm³/mol. The molecule has 2 aliphatic heterocycles. The van der Waals surface area contributed by atoms with Gasteiger partial charge in [-0.25, -0.2) is 4.79 Å². The van der Waals surface area contributed by atoms with Crippen molar-refractivity contribution in [1.29, 1.82) is 0 Å². The normalized spacial score (nSPS) is 17.4. The first-order chi connectivity index (χ1) is 21.5. The van der Waals surface area contributed by atoms with Gasteiger partial charge in [0, 0.05) is 11.3 Å². The Morgan fingerprint density at radius 2 is 1.31 bits per heavy atom. The third-order valence-electron chi connectivity index (χ3n) is 7.87. The van der Waals surface area contributed by atoms with Gasteiger partial charge in [0.25, 0.3) is 11.8 Å². The van der Waals surface area contributed by atoms with Crippen LogP contribution in [0.5, 0.6) is 5.75 Å². The molecule has 1 saturated heterocycles. The van der Waals surface area contributed by atoms with Crippen LogP contribution in [-0.2, 0) is 19.1 Å². The zero-order valence-corrected chi connectivity index (χ0v) is 28.4. The lowest BCUT2D eigenvalue weighted by molar-refractivity contribution is -0.152. The monoisotopic (exact) mass is 750 g/mol. The van der Waals surface area contributed by atoms with Crippen LogP contribution >= 0.6 is 19.0 Å². The number of methoxy groups -OCH3 is 1. The molecule has 6 rings (SSSR count). The standard InChI is InChI=1S/C35H31N2O5PS.HI/c1-41-35(40)32-25(24-44-34-31(33(39)37(32)34)36-30(38)22-42-26-14-6-2-7-15-26)23-43(27-16-8-3-9-17-27,28-18-10-4-11-19-28)29-20-12-5-13-21-29;/h2-21,31,34H,22-24H2,1H3;1H/t31-,34-;/m1./s1. The zero-order valence-electron chi connectivity index (χ0n) is 24.5. The van der Waals surface area contributed by atoms with E-state index in [4.69, 9.17) is 9.47 Å². The number of fused-ring (bicyclic) bond motifs is 1. The van der Waals surface area contributed by atoms with E-state index in [0.717, 1.165) is 5.57 Å². The minimum atomic E-state index is -2.33. The molecule has 2 heterocycles. The number of para-hydroxylation sites is 1. The van der Waals surface area contributed by atoms with Crippen LogP contribution in [0.25, 0.3) is 0 Å². The number of hydrogen-bond donors (Lipinski definition) is 1. The molecule has 0 aromatic heterocycles. The van der Waals surface area contributed by atoms with Crippen molar-refractivity contribution in [2.45, 2.75) is 11.4 Å². The number of esters is 1. The molecule has 10 heteroatoms. The summed E-state index contributed by atoms with van der Waals surface area (Å²) in [5.74, 6) is -0.206. The van der Waals surface area contributed by atoms with Crippen molar-refractivity contribution in [1.82, 2.24) is 10.2 Å². The number of rotatable bonds is 10. The molecule has 7 nitrogen and oxygen atoms in total. The number of halogens is 1. The molecular weight excluding hydrogens is 718 g/mol. The second-order valence-electron chi connectivity index (χ2n) is 10.5. The summed E-state index contributed by atoms with van der Waals surface area (Å²) in [4.78, 5) is 41.2. The van der Waals surface area contributed by atoms with Gasteiger partial charge in [0.1, 0.15) is 46.0 Å². The molecule has 0 unspecified atom stereocenters. The Kier molecular flexibility index (Phi) is 10.6. The van der Waals surface area contributed by atoms with Crippen LogP contribution in [-0.4, -0.2) is 59.7 Å². The Morgan fingerprint density at radius 3 is 1.80 bits per heavy atom. The van der Waals surface area contributed by atoms with Crippen LogP contribution in [0, 0.1) is 0 Å². The fraction of sp³-hybridized carbons (Fsp3) is 0.171. The second kappa shape index (κ2) is 14.6. The van der Waals surface area contributed by atoms with Gasteiger partial charge < -0.3 is 38.8 Å². The van der Waals surface area contributed by atoms with Crippen molar-refractivity contribution in [3.05, 3.63) is 133 Å². The number of ether oxygens (including phenoxy) is 2. The van der Waals surface area contributed by atoms with Crippen LogP contribution < -0.4 is 49.9 Å². The summed E-state index contributed by atoms with van der Waals surface area (Å²) in [6, 6.07) is 39.5. The van der Waals surface area contributed by atoms with E-state index in [1.165, 1.54) is 27.9 Å². The van der Waals surface area contributed by atoms with E-state index >= 15 is 0 Å². The largest absolute Gasteiger partial charge is 1.00 e. The predicted octanol–water partition coefficient (Wildman–Crippen LogP) is 0.891. The number of β-lactam (4-membered cyclic amide) rings is 1. The number of amides is 2. The van der Waals surface area contributed by atoms with E-state index in [0.29, 0.717) is 17.7 Å². The van der Waals surface area contributed by atoms with Gasteiger partial charge in [-0.3, -0.25) is 14.5 Å². The summed E-state index contributed by atoms with van der Waals surface area (Å²) in [5, 5.41) is 5.93. The molecule has 0 saturated carbocycles. The quantitative estimate of drug-likeness (QED) is 0.112. The number of carbonyl (C=O) groups is 3. The van der Waals surface area contributed by atoms with E-state index in [2.05, 4.69) is 41.7 Å². The molecule has 1 fully saturated rings. The maximum atomic E-state index is 13.6. The smallest absolute Gasteiger partial charge is 0.354 e. The lowest BCUT2D eigenvalue weighted by atomic mass is 10.0. The maximum absolute atomic E-state index is 13.6. The summed E-state index contributed by atoms with van der Waals surface area (Å²) < 4.78 is 10.8. The minimum absolute atomic E-state index is 0. The van der Waals surface area contributed by atoms with Gasteiger partial charge in [-0.2, -0.15) is 0 Å². The molecule has 1 N–H and O–H groups in total. The number of thioether (sulfide) groups is 1. The highest BCUT2D eigenvalue weighted by Gasteiger charge is 2.56. The summed E-state index contributed by atoms with van der Waals surface area (Å²) >= 11 is 1.55. The van der Waals surface area contributed by atoms with Gasteiger partial charge in [-0.15, -0.1) is 11.8 Å². The van der Waals surface area contributed by atoms with Gasteiger partial charge in [-0.1, -0.05) is 72.8 Å². The number of carbonyl (C=O) groups excluding carboxylic acids is 3. The van der Waals surface area contributed by atoms with E-state index in [1.54, 1.807) is 23.9 Å². The highest BCUT2D eigenvalue weighted by molar-refractivity contribution is 8.00. The van der Waals surface area contributed by atoms with Gasteiger partial charge in [0.15, 0.2) is 6.61 Å². The average molecular weight is 751 g/mol. The summed E-state index contributed by atoms with van der Waals surface area (Å²) in [6.07, 6.45) is 0.556. The summed E-state index contributed by atoms with van der Waals surface area (Å²) in [5.41, 5.74) is 1.13. The van der Waals surface area contributed by atoms with Crippen LogP contribution in [0.4, 0.5) is 0 Å². The highest BCUT2D eigenvalue weighted by Crippen LogP contribution is 2.58. The Balaban J connectivity index is 0.00000400. The number of benzene rings is 4. The Morgan fingerprint density at radius 1 is 0.822 bits per heavy atom. The first kappa shape index (κ1) is 32.7. The van der Waals surface area contributed by atoms with E-state index in [-0.39, 0.29) is 42.2 Å². The van der Waals surface area contributed by atoms with Crippen LogP contribution in [0.2, 0.25) is 0 Å². The molecule has 230 valence electrons. The van der Waals surface area contributed by atoms with Crippen molar-refractivity contribution in [3.63, 3.8) is 0 Å².